The van der Waals surface area contributed by atoms with Gasteiger partial charge in [-0.25, -0.2) is 0 Å². The molecule has 0 fully saturated rings. The maximum Gasteiger partial charge on any atom is 0.0372 e. The number of nitrogens with one attached hydrogen (secondary N) is 1. The molecule has 0 radical (unpaired) electrons. The van der Waals surface area contributed by atoms with E-state index < -0.39 is 0 Å². The molecule has 2 heteroatoms. The first kappa shape index (κ1) is 11.1. The van der Waals surface area contributed by atoms with Crippen LogP contribution < -0.4 is 5.32 Å². The van der Waals surface area contributed by atoms with Crippen molar-refractivity contribution in [2.24, 2.45) is 0 Å². The first-order valence-electron chi connectivity index (χ1n) is 5.06. The maximum atomic E-state index is 3.44. The molecule has 0 aliphatic heterocycles. The van der Waals surface area contributed by atoms with Crippen molar-refractivity contribution in [3.05, 3.63) is 29.3 Å². The second-order valence-corrected chi connectivity index (χ2v) is 3.98. The summed E-state index contributed by atoms with van der Waals surface area (Å²) in [6.45, 7) is 6.37. The fraction of sp³-hybridized carbons (Fsp3) is 0.500. The Morgan fingerprint density at radius 3 is 2.57 bits per heavy atom. The maximum absolute atomic E-state index is 3.44. The highest BCUT2D eigenvalue weighted by Crippen LogP contribution is 2.17. The Morgan fingerprint density at radius 2 is 1.93 bits per heavy atom. The molecule has 1 rings (SSSR count). The van der Waals surface area contributed by atoms with E-state index in [4.69, 9.17) is 0 Å². The molecule has 0 saturated carbocycles. The Labute approximate surface area is 86.9 Å². The molecule has 0 aliphatic rings. The van der Waals surface area contributed by atoms with Crippen molar-refractivity contribution in [1.82, 2.24) is 4.90 Å². The van der Waals surface area contributed by atoms with Gasteiger partial charge in [0.25, 0.3) is 0 Å². The Bertz CT molecular complexity index is 292. The van der Waals surface area contributed by atoms with Gasteiger partial charge in [0, 0.05) is 18.8 Å². The van der Waals surface area contributed by atoms with Crippen LogP contribution in [-0.4, -0.2) is 32.1 Å². The second kappa shape index (κ2) is 5.01. The number of nitrogens with zero attached hydrogens (tertiary/aromatic N) is 1. The Morgan fingerprint density at radius 1 is 1.21 bits per heavy atom. The lowest BCUT2D eigenvalue weighted by Gasteiger charge is -2.14. The minimum absolute atomic E-state index is 0.997. The number of anilines is 1. The van der Waals surface area contributed by atoms with Gasteiger partial charge in [-0.15, -0.1) is 0 Å². The number of hydrogen-bond donors (Lipinski definition) is 1. The largest absolute Gasteiger partial charge is 0.384 e. The van der Waals surface area contributed by atoms with E-state index in [0.29, 0.717) is 0 Å². The molecular weight excluding hydrogens is 172 g/mol. The summed E-state index contributed by atoms with van der Waals surface area (Å²) in [6, 6.07) is 6.38. The van der Waals surface area contributed by atoms with Crippen LogP contribution in [-0.2, 0) is 0 Å². The highest BCUT2D eigenvalue weighted by atomic mass is 15.1. The molecule has 2 nitrogen and oxygen atoms in total. The highest BCUT2D eigenvalue weighted by Gasteiger charge is 1.99. The zero-order chi connectivity index (χ0) is 10.6. The molecule has 0 bridgehead atoms. The van der Waals surface area contributed by atoms with Crippen molar-refractivity contribution < 1.29 is 0 Å². The van der Waals surface area contributed by atoms with E-state index >= 15 is 0 Å². The van der Waals surface area contributed by atoms with Crippen LogP contribution >= 0.6 is 0 Å². The number of hydrogen-bond acceptors (Lipinski definition) is 2. The first-order valence-corrected chi connectivity index (χ1v) is 5.06. The molecule has 0 saturated heterocycles. The predicted octanol–water partition coefficient (Wildman–Crippen LogP) is 2.28. The summed E-state index contributed by atoms with van der Waals surface area (Å²) in [6.07, 6.45) is 0. The Hall–Kier alpha value is -1.02. The molecule has 1 aromatic carbocycles. The first-order chi connectivity index (χ1) is 6.61. The predicted molar refractivity (Wildman–Crippen MR) is 63.0 cm³/mol. The lowest BCUT2D eigenvalue weighted by molar-refractivity contribution is 0.425. The van der Waals surface area contributed by atoms with Crippen molar-refractivity contribution in [3.8, 4) is 0 Å². The third-order valence-corrected chi connectivity index (χ3v) is 2.48. The van der Waals surface area contributed by atoms with Crippen molar-refractivity contribution in [3.63, 3.8) is 0 Å². The molecule has 0 aromatic heterocycles. The lowest BCUT2D eigenvalue weighted by Crippen LogP contribution is -2.21. The van der Waals surface area contributed by atoms with Gasteiger partial charge in [-0.1, -0.05) is 12.1 Å². The van der Waals surface area contributed by atoms with Gasteiger partial charge >= 0.3 is 0 Å². The van der Waals surface area contributed by atoms with Crippen LogP contribution in [0.2, 0.25) is 0 Å². The monoisotopic (exact) mass is 192 g/mol. The van der Waals surface area contributed by atoms with E-state index in [1.54, 1.807) is 0 Å². The standard InChI is InChI=1S/C12H20N2/c1-10-6-5-7-12(11(10)2)13-8-9-14(3)4/h5-7,13H,8-9H2,1-4H3. The van der Waals surface area contributed by atoms with Crippen LogP contribution in [0.1, 0.15) is 11.1 Å². The van der Waals surface area contributed by atoms with Crippen LogP contribution in [0.25, 0.3) is 0 Å². The fourth-order valence-corrected chi connectivity index (χ4v) is 1.36. The molecule has 0 spiro atoms. The van der Waals surface area contributed by atoms with Gasteiger partial charge in [0.2, 0.25) is 0 Å². The van der Waals surface area contributed by atoms with Gasteiger partial charge < -0.3 is 10.2 Å². The van der Waals surface area contributed by atoms with Crippen LogP contribution in [0, 0.1) is 13.8 Å². The SMILES string of the molecule is Cc1cccc(NCCN(C)C)c1C. The van der Waals surface area contributed by atoms with Gasteiger partial charge in [-0.05, 0) is 45.1 Å². The summed E-state index contributed by atoms with van der Waals surface area (Å²) in [7, 11) is 4.18. The van der Waals surface area contributed by atoms with Crippen molar-refractivity contribution in [1.29, 1.82) is 0 Å². The summed E-state index contributed by atoms with van der Waals surface area (Å²) in [5, 5.41) is 3.44. The lowest BCUT2D eigenvalue weighted by atomic mass is 10.1. The average Bonchev–Trinajstić information content (AvgIpc) is 2.12. The van der Waals surface area contributed by atoms with E-state index in [1.807, 2.05) is 0 Å². The molecular formula is C12H20N2. The van der Waals surface area contributed by atoms with Gasteiger partial charge in [-0.2, -0.15) is 0 Å². The van der Waals surface area contributed by atoms with E-state index in [2.05, 4.69) is 56.4 Å². The molecule has 0 aliphatic carbocycles. The molecule has 1 N–H and O–H groups in total. The summed E-state index contributed by atoms with van der Waals surface area (Å²) in [5.41, 5.74) is 3.96. The fourth-order valence-electron chi connectivity index (χ4n) is 1.36. The molecule has 0 atom stereocenters. The van der Waals surface area contributed by atoms with E-state index in [1.165, 1.54) is 16.8 Å². The Kier molecular flexibility index (Phi) is 3.96. The normalized spacial score (nSPS) is 10.6. The molecule has 14 heavy (non-hydrogen) atoms. The number of aryl methyl sites for hydroxylation is 1. The summed E-state index contributed by atoms with van der Waals surface area (Å²) < 4.78 is 0. The molecule has 0 heterocycles. The van der Waals surface area contributed by atoms with Crippen LogP contribution in [0.15, 0.2) is 18.2 Å². The molecule has 78 valence electrons. The quantitative estimate of drug-likeness (QED) is 0.787. The molecule has 0 unspecified atom stereocenters. The van der Waals surface area contributed by atoms with E-state index in [0.717, 1.165) is 13.1 Å². The number of benzene rings is 1. The van der Waals surface area contributed by atoms with E-state index in [-0.39, 0.29) is 0 Å². The zero-order valence-electron chi connectivity index (χ0n) is 9.59. The van der Waals surface area contributed by atoms with Crippen molar-refractivity contribution in [2.45, 2.75) is 13.8 Å². The second-order valence-electron chi connectivity index (χ2n) is 3.98. The minimum atomic E-state index is 0.997. The van der Waals surface area contributed by atoms with Crippen molar-refractivity contribution >= 4 is 5.69 Å². The minimum Gasteiger partial charge on any atom is -0.384 e. The summed E-state index contributed by atoms with van der Waals surface area (Å²) >= 11 is 0. The van der Waals surface area contributed by atoms with Crippen molar-refractivity contribution in [2.75, 3.05) is 32.5 Å². The van der Waals surface area contributed by atoms with Crippen LogP contribution in [0.4, 0.5) is 5.69 Å². The van der Waals surface area contributed by atoms with Gasteiger partial charge in [0.15, 0.2) is 0 Å². The summed E-state index contributed by atoms with van der Waals surface area (Å²) in [5.74, 6) is 0. The van der Waals surface area contributed by atoms with Gasteiger partial charge in [0.1, 0.15) is 0 Å². The Balaban J connectivity index is 2.54. The van der Waals surface area contributed by atoms with E-state index in [9.17, 15) is 0 Å². The van der Waals surface area contributed by atoms with Crippen LogP contribution in [0.5, 0.6) is 0 Å². The highest BCUT2D eigenvalue weighted by molar-refractivity contribution is 5.53. The number of likely N-dealkylation sites (N-methyl/N-ethyl adjacent to an activating group) is 1. The number of rotatable bonds is 4. The van der Waals surface area contributed by atoms with Crippen LogP contribution in [0.3, 0.4) is 0 Å². The topological polar surface area (TPSA) is 15.3 Å². The average molecular weight is 192 g/mol. The smallest absolute Gasteiger partial charge is 0.0372 e. The zero-order valence-corrected chi connectivity index (χ0v) is 9.59. The van der Waals surface area contributed by atoms with Gasteiger partial charge in [0.05, 0.1) is 0 Å². The molecule has 1 aromatic rings. The molecule has 0 amide bonds. The van der Waals surface area contributed by atoms with Gasteiger partial charge in [-0.3, -0.25) is 0 Å². The third-order valence-electron chi connectivity index (χ3n) is 2.48. The summed E-state index contributed by atoms with van der Waals surface area (Å²) in [4.78, 5) is 2.18. The third kappa shape index (κ3) is 3.04.